The molecule has 0 saturated carbocycles. The lowest BCUT2D eigenvalue weighted by molar-refractivity contribution is -0.116. The fourth-order valence-corrected chi connectivity index (χ4v) is 1.96. The van der Waals surface area contributed by atoms with E-state index in [0.717, 1.165) is 25.1 Å². The first-order valence-corrected chi connectivity index (χ1v) is 7.74. The Morgan fingerprint density at radius 3 is 2.40 bits per heavy atom. The third-order valence-electron chi connectivity index (χ3n) is 3.21. The fourth-order valence-electron chi connectivity index (χ4n) is 1.96. The van der Waals surface area contributed by atoms with E-state index in [2.05, 4.69) is 43.5 Å². The SMILES string of the molecule is CCCCCCC(=O)Nc1ccc(CNC(C)C)cc1. The van der Waals surface area contributed by atoms with Crippen molar-refractivity contribution in [2.24, 2.45) is 0 Å². The van der Waals surface area contributed by atoms with Crippen LogP contribution in [0.25, 0.3) is 0 Å². The molecule has 2 N–H and O–H groups in total. The summed E-state index contributed by atoms with van der Waals surface area (Å²) < 4.78 is 0. The molecule has 0 heterocycles. The Balaban J connectivity index is 2.31. The van der Waals surface area contributed by atoms with Gasteiger partial charge in [0.05, 0.1) is 0 Å². The van der Waals surface area contributed by atoms with Crippen molar-refractivity contribution < 1.29 is 4.79 Å². The molecule has 1 amide bonds. The number of amides is 1. The smallest absolute Gasteiger partial charge is 0.224 e. The Morgan fingerprint density at radius 1 is 1.10 bits per heavy atom. The van der Waals surface area contributed by atoms with Gasteiger partial charge in [0.25, 0.3) is 0 Å². The van der Waals surface area contributed by atoms with Gasteiger partial charge in [-0.1, -0.05) is 52.2 Å². The molecule has 0 aliphatic rings. The molecule has 0 aliphatic carbocycles. The minimum atomic E-state index is 0.120. The van der Waals surface area contributed by atoms with Crippen LogP contribution < -0.4 is 10.6 Å². The topological polar surface area (TPSA) is 41.1 Å². The molecular formula is C17H28N2O. The van der Waals surface area contributed by atoms with Crippen molar-refractivity contribution in [2.75, 3.05) is 5.32 Å². The first kappa shape index (κ1) is 16.7. The van der Waals surface area contributed by atoms with Crippen LogP contribution in [0, 0.1) is 0 Å². The van der Waals surface area contributed by atoms with Gasteiger partial charge in [-0.3, -0.25) is 4.79 Å². The van der Waals surface area contributed by atoms with Gasteiger partial charge in [0.1, 0.15) is 0 Å². The van der Waals surface area contributed by atoms with Gasteiger partial charge in [0, 0.05) is 24.7 Å². The van der Waals surface area contributed by atoms with Crippen molar-refractivity contribution in [3.8, 4) is 0 Å². The zero-order valence-electron chi connectivity index (χ0n) is 13.0. The second-order valence-corrected chi connectivity index (χ2v) is 5.59. The highest BCUT2D eigenvalue weighted by Crippen LogP contribution is 2.11. The third kappa shape index (κ3) is 7.29. The number of anilines is 1. The molecule has 0 unspecified atom stereocenters. The molecule has 3 nitrogen and oxygen atoms in total. The second-order valence-electron chi connectivity index (χ2n) is 5.59. The number of carbonyl (C=O) groups excluding carboxylic acids is 1. The number of unbranched alkanes of at least 4 members (excludes halogenated alkanes) is 3. The van der Waals surface area contributed by atoms with E-state index in [1.54, 1.807) is 0 Å². The summed E-state index contributed by atoms with van der Waals surface area (Å²) in [5, 5.41) is 6.33. The Bertz CT molecular complexity index is 384. The lowest BCUT2D eigenvalue weighted by atomic mass is 10.1. The van der Waals surface area contributed by atoms with Crippen LogP contribution in [0.3, 0.4) is 0 Å². The quantitative estimate of drug-likeness (QED) is 0.667. The van der Waals surface area contributed by atoms with Crippen molar-refractivity contribution in [1.82, 2.24) is 5.32 Å². The molecule has 1 rings (SSSR count). The van der Waals surface area contributed by atoms with Crippen LogP contribution >= 0.6 is 0 Å². The standard InChI is InChI=1S/C17H28N2O/c1-4-5-6-7-8-17(20)19-16-11-9-15(10-12-16)13-18-14(2)3/h9-12,14,18H,4-8,13H2,1-3H3,(H,19,20). The molecule has 20 heavy (non-hydrogen) atoms. The Hall–Kier alpha value is -1.35. The van der Waals surface area contributed by atoms with E-state index in [1.807, 2.05) is 12.1 Å². The van der Waals surface area contributed by atoms with E-state index in [-0.39, 0.29) is 5.91 Å². The van der Waals surface area contributed by atoms with E-state index >= 15 is 0 Å². The first-order valence-electron chi connectivity index (χ1n) is 7.74. The van der Waals surface area contributed by atoms with E-state index in [1.165, 1.54) is 18.4 Å². The highest BCUT2D eigenvalue weighted by molar-refractivity contribution is 5.90. The molecule has 0 spiro atoms. The molecule has 1 aromatic carbocycles. The van der Waals surface area contributed by atoms with Crippen LogP contribution in [0.4, 0.5) is 5.69 Å². The maximum atomic E-state index is 11.8. The Kier molecular flexibility index (Phi) is 7.97. The molecule has 0 atom stereocenters. The van der Waals surface area contributed by atoms with Crippen molar-refractivity contribution >= 4 is 11.6 Å². The van der Waals surface area contributed by atoms with Crippen LogP contribution in [0.15, 0.2) is 24.3 Å². The summed E-state index contributed by atoms with van der Waals surface area (Å²) in [6, 6.07) is 8.55. The van der Waals surface area contributed by atoms with Crippen molar-refractivity contribution in [2.45, 2.75) is 65.5 Å². The molecule has 0 bridgehead atoms. The first-order chi connectivity index (χ1) is 9.61. The van der Waals surface area contributed by atoms with E-state index < -0.39 is 0 Å². The molecule has 112 valence electrons. The highest BCUT2D eigenvalue weighted by atomic mass is 16.1. The second kappa shape index (κ2) is 9.54. The van der Waals surface area contributed by atoms with Gasteiger partial charge in [0.15, 0.2) is 0 Å². The van der Waals surface area contributed by atoms with Gasteiger partial charge < -0.3 is 10.6 Å². The average molecular weight is 276 g/mol. The number of benzene rings is 1. The summed E-state index contributed by atoms with van der Waals surface area (Å²) in [6.07, 6.45) is 5.16. The molecule has 3 heteroatoms. The number of nitrogens with one attached hydrogen (secondary N) is 2. The molecule has 0 radical (unpaired) electrons. The molecule has 1 aromatic rings. The minimum absolute atomic E-state index is 0.120. The molecular weight excluding hydrogens is 248 g/mol. The molecule has 0 saturated heterocycles. The van der Waals surface area contributed by atoms with Gasteiger partial charge in [-0.25, -0.2) is 0 Å². The number of hydrogen-bond acceptors (Lipinski definition) is 2. The van der Waals surface area contributed by atoms with Crippen LogP contribution in [0.5, 0.6) is 0 Å². The van der Waals surface area contributed by atoms with Crippen LogP contribution in [0.1, 0.15) is 58.4 Å². The predicted octanol–water partition coefficient (Wildman–Crippen LogP) is 4.09. The van der Waals surface area contributed by atoms with Crippen LogP contribution in [-0.4, -0.2) is 11.9 Å². The zero-order chi connectivity index (χ0) is 14.8. The predicted molar refractivity (Wildman–Crippen MR) is 85.8 cm³/mol. The average Bonchev–Trinajstić information content (AvgIpc) is 2.43. The summed E-state index contributed by atoms with van der Waals surface area (Å²) in [4.78, 5) is 11.8. The van der Waals surface area contributed by atoms with Crippen molar-refractivity contribution in [3.63, 3.8) is 0 Å². The Morgan fingerprint density at radius 2 is 1.80 bits per heavy atom. The van der Waals surface area contributed by atoms with Gasteiger partial charge >= 0.3 is 0 Å². The van der Waals surface area contributed by atoms with Gasteiger partial charge in [-0.05, 0) is 24.1 Å². The lowest BCUT2D eigenvalue weighted by Crippen LogP contribution is -2.21. The fraction of sp³-hybridized carbons (Fsp3) is 0.588. The maximum Gasteiger partial charge on any atom is 0.224 e. The highest BCUT2D eigenvalue weighted by Gasteiger charge is 2.02. The molecule has 0 aromatic heterocycles. The van der Waals surface area contributed by atoms with Gasteiger partial charge in [-0.2, -0.15) is 0 Å². The summed E-state index contributed by atoms with van der Waals surface area (Å²) in [6.45, 7) is 7.30. The number of hydrogen-bond donors (Lipinski definition) is 2. The summed E-state index contributed by atoms with van der Waals surface area (Å²) in [5.41, 5.74) is 2.12. The number of carbonyl (C=O) groups is 1. The summed E-state index contributed by atoms with van der Waals surface area (Å²) in [7, 11) is 0. The van der Waals surface area contributed by atoms with Gasteiger partial charge in [-0.15, -0.1) is 0 Å². The van der Waals surface area contributed by atoms with Crippen LogP contribution in [-0.2, 0) is 11.3 Å². The lowest BCUT2D eigenvalue weighted by Gasteiger charge is -2.09. The summed E-state index contributed by atoms with van der Waals surface area (Å²) in [5.74, 6) is 0.120. The third-order valence-corrected chi connectivity index (χ3v) is 3.21. The number of rotatable bonds is 9. The van der Waals surface area contributed by atoms with E-state index in [0.29, 0.717) is 12.5 Å². The normalized spacial score (nSPS) is 10.8. The van der Waals surface area contributed by atoms with Crippen molar-refractivity contribution in [3.05, 3.63) is 29.8 Å². The van der Waals surface area contributed by atoms with E-state index in [9.17, 15) is 4.79 Å². The zero-order valence-corrected chi connectivity index (χ0v) is 13.0. The summed E-state index contributed by atoms with van der Waals surface area (Å²) >= 11 is 0. The largest absolute Gasteiger partial charge is 0.326 e. The maximum absolute atomic E-state index is 11.8. The minimum Gasteiger partial charge on any atom is -0.326 e. The molecule has 0 fully saturated rings. The van der Waals surface area contributed by atoms with Crippen LogP contribution in [0.2, 0.25) is 0 Å². The van der Waals surface area contributed by atoms with Gasteiger partial charge in [0.2, 0.25) is 5.91 Å². The molecule has 0 aliphatic heterocycles. The van der Waals surface area contributed by atoms with E-state index in [4.69, 9.17) is 0 Å². The Labute approximate surface area is 123 Å². The van der Waals surface area contributed by atoms with Crippen molar-refractivity contribution in [1.29, 1.82) is 0 Å². The monoisotopic (exact) mass is 276 g/mol.